The SMILES string of the molecule is CCCCC(CNC(C)(C)C)c1ccc(Br)cc1. The van der Waals surface area contributed by atoms with E-state index in [0.717, 1.165) is 11.0 Å². The number of nitrogens with one attached hydrogen (secondary N) is 1. The van der Waals surface area contributed by atoms with Gasteiger partial charge in [0.2, 0.25) is 0 Å². The second-order valence-electron chi connectivity index (χ2n) is 6.02. The van der Waals surface area contributed by atoms with Crippen LogP contribution in [0.3, 0.4) is 0 Å². The maximum atomic E-state index is 3.63. The van der Waals surface area contributed by atoms with Gasteiger partial charge in [-0.05, 0) is 50.8 Å². The van der Waals surface area contributed by atoms with E-state index in [2.05, 4.69) is 73.2 Å². The van der Waals surface area contributed by atoms with Crippen LogP contribution < -0.4 is 5.32 Å². The van der Waals surface area contributed by atoms with Gasteiger partial charge in [-0.3, -0.25) is 0 Å². The highest BCUT2D eigenvalue weighted by Crippen LogP contribution is 2.24. The van der Waals surface area contributed by atoms with Gasteiger partial charge in [0.25, 0.3) is 0 Å². The molecule has 2 heteroatoms. The minimum absolute atomic E-state index is 0.194. The molecule has 18 heavy (non-hydrogen) atoms. The van der Waals surface area contributed by atoms with Crippen LogP contribution in [0.1, 0.15) is 58.4 Å². The highest BCUT2D eigenvalue weighted by molar-refractivity contribution is 9.10. The highest BCUT2D eigenvalue weighted by atomic mass is 79.9. The molecule has 1 unspecified atom stereocenters. The normalized spacial score (nSPS) is 13.6. The third-order valence-electron chi connectivity index (χ3n) is 3.13. The minimum atomic E-state index is 0.194. The van der Waals surface area contributed by atoms with Crippen molar-refractivity contribution in [2.24, 2.45) is 0 Å². The Kier molecular flexibility index (Phi) is 6.37. The number of hydrogen-bond acceptors (Lipinski definition) is 1. The first kappa shape index (κ1) is 15.7. The number of halogens is 1. The molecule has 0 aromatic heterocycles. The first-order valence-electron chi connectivity index (χ1n) is 6.93. The largest absolute Gasteiger partial charge is 0.311 e. The van der Waals surface area contributed by atoms with Crippen molar-refractivity contribution in [1.82, 2.24) is 5.32 Å². The van der Waals surface area contributed by atoms with Crippen LogP contribution in [0.4, 0.5) is 0 Å². The lowest BCUT2D eigenvalue weighted by Gasteiger charge is -2.25. The van der Waals surface area contributed by atoms with E-state index in [0.29, 0.717) is 5.92 Å². The molecule has 1 nitrogen and oxygen atoms in total. The Hall–Kier alpha value is -0.340. The molecule has 0 radical (unpaired) electrons. The fourth-order valence-corrected chi connectivity index (χ4v) is 2.27. The number of benzene rings is 1. The molecule has 1 aromatic rings. The Morgan fingerprint density at radius 2 is 1.78 bits per heavy atom. The summed E-state index contributed by atoms with van der Waals surface area (Å²) in [6, 6.07) is 8.78. The average Bonchev–Trinajstić information content (AvgIpc) is 2.29. The van der Waals surface area contributed by atoms with Crippen LogP contribution in [-0.2, 0) is 0 Å². The van der Waals surface area contributed by atoms with Gasteiger partial charge in [-0.1, -0.05) is 47.8 Å². The van der Waals surface area contributed by atoms with E-state index >= 15 is 0 Å². The summed E-state index contributed by atoms with van der Waals surface area (Å²) in [5.74, 6) is 0.622. The van der Waals surface area contributed by atoms with E-state index in [1.807, 2.05) is 0 Å². The highest BCUT2D eigenvalue weighted by Gasteiger charge is 2.15. The lowest BCUT2D eigenvalue weighted by Crippen LogP contribution is -2.38. The van der Waals surface area contributed by atoms with E-state index in [1.54, 1.807) is 0 Å². The number of rotatable bonds is 6. The summed E-state index contributed by atoms with van der Waals surface area (Å²) >= 11 is 3.50. The molecule has 1 rings (SSSR count). The third kappa shape index (κ3) is 6.01. The maximum absolute atomic E-state index is 3.63. The summed E-state index contributed by atoms with van der Waals surface area (Å²) in [5, 5.41) is 3.63. The molecule has 102 valence electrons. The first-order chi connectivity index (χ1) is 8.42. The standard InChI is InChI=1S/C16H26BrN/c1-5-6-7-14(12-18-16(2,3)4)13-8-10-15(17)11-9-13/h8-11,14,18H,5-7,12H2,1-4H3. The van der Waals surface area contributed by atoms with Crippen LogP contribution in [0.2, 0.25) is 0 Å². The summed E-state index contributed by atoms with van der Waals surface area (Å²) in [7, 11) is 0. The summed E-state index contributed by atoms with van der Waals surface area (Å²) < 4.78 is 1.16. The van der Waals surface area contributed by atoms with Crippen molar-refractivity contribution in [3.8, 4) is 0 Å². The molecule has 0 saturated carbocycles. The van der Waals surface area contributed by atoms with Crippen LogP contribution >= 0.6 is 15.9 Å². The number of unbranched alkanes of at least 4 members (excludes halogenated alkanes) is 1. The molecule has 0 aliphatic rings. The zero-order valence-electron chi connectivity index (χ0n) is 12.1. The van der Waals surface area contributed by atoms with Crippen molar-refractivity contribution in [3.63, 3.8) is 0 Å². The zero-order chi connectivity index (χ0) is 13.6. The number of hydrogen-bond donors (Lipinski definition) is 1. The van der Waals surface area contributed by atoms with Crippen molar-refractivity contribution < 1.29 is 0 Å². The molecule has 0 amide bonds. The smallest absolute Gasteiger partial charge is 0.0175 e. The van der Waals surface area contributed by atoms with E-state index in [4.69, 9.17) is 0 Å². The van der Waals surface area contributed by atoms with E-state index in [1.165, 1.54) is 24.8 Å². The molecular formula is C16H26BrN. The fourth-order valence-electron chi connectivity index (χ4n) is 2.00. The van der Waals surface area contributed by atoms with E-state index in [9.17, 15) is 0 Å². The molecule has 1 N–H and O–H groups in total. The quantitative estimate of drug-likeness (QED) is 0.769. The van der Waals surface area contributed by atoms with Gasteiger partial charge in [0.1, 0.15) is 0 Å². The van der Waals surface area contributed by atoms with E-state index < -0.39 is 0 Å². The lowest BCUT2D eigenvalue weighted by molar-refractivity contribution is 0.396. The van der Waals surface area contributed by atoms with Crippen molar-refractivity contribution >= 4 is 15.9 Å². The van der Waals surface area contributed by atoms with Gasteiger partial charge in [-0.25, -0.2) is 0 Å². The molecule has 1 aromatic carbocycles. The van der Waals surface area contributed by atoms with Gasteiger partial charge in [0, 0.05) is 16.6 Å². The van der Waals surface area contributed by atoms with Gasteiger partial charge in [0.15, 0.2) is 0 Å². The van der Waals surface area contributed by atoms with Crippen LogP contribution in [-0.4, -0.2) is 12.1 Å². The molecule has 0 aliphatic heterocycles. The third-order valence-corrected chi connectivity index (χ3v) is 3.66. The van der Waals surface area contributed by atoms with Gasteiger partial charge in [-0.2, -0.15) is 0 Å². The molecule has 0 spiro atoms. The first-order valence-corrected chi connectivity index (χ1v) is 7.72. The van der Waals surface area contributed by atoms with Crippen molar-refractivity contribution in [1.29, 1.82) is 0 Å². The van der Waals surface area contributed by atoms with Crippen LogP contribution in [0, 0.1) is 0 Å². The van der Waals surface area contributed by atoms with Crippen LogP contribution in [0.5, 0.6) is 0 Å². The Morgan fingerprint density at radius 1 is 1.17 bits per heavy atom. The molecule has 0 saturated heterocycles. The fraction of sp³-hybridized carbons (Fsp3) is 0.625. The van der Waals surface area contributed by atoms with Gasteiger partial charge in [-0.15, -0.1) is 0 Å². The molecule has 0 heterocycles. The molecule has 0 aliphatic carbocycles. The lowest BCUT2D eigenvalue weighted by atomic mass is 9.92. The summed E-state index contributed by atoms with van der Waals surface area (Å²) in [5.41, 5.74) is 1.64. The Labute approximate surface area is 120 Å². The Morgan fingerprint density at radius 3 is 2.28 bits per heavy atom. The second kappa shape index (κ2) is 7.30. The topological polar surface area (TPSA) is 12.0 Å². The Bertz CT molecular complexity index is 337. The Balaban J connectivity index is 2.68. The van der Waals surface area contributed by atoms with Crippen molar-refractivity contribution in [2.75, 3.05) is 6.54 Å². The predicted molar refractivity (Wildman–Crippen MR) is 84.2 cm³/mol. The summed E-state index contributed by atoms with van der Waals surface area (Å²) in [6.45, 7) is 10.0. The zero-order valence-corrected chi connectivity index (χ0v) is 13.7. The minimum Gasteiger partial charge on any atom is -0.311 e. The summed E-state index contributed by atoms with van der Waals surface area (Å²) in [6.07, 6.45) is 3.83. The van der Waals surface area contributed by atoms with Crippen molar-refractivity contribution in [3.05, 3.63) is 34.3 Å². The maximum Gasteiger partial charge on any atom is 0.0175 e. The van der Waals surface area contributed by atoms with Crippen molar-refractivity contribution in [2.45, 2.75) is 58.4 Å². The molecule has 0 bridgehead atoms. The van der Waals surface area contributed by atoms with E-state index in [-0.39, 0.29) is 5.54 Å². The van der Waals surface area contributed by atoms with Gasteiger partial charge < -0.3 is 5.32 Å². The van der Waals surface area contributed by atoms with Gasteiger partial charge in [0.05, 0.1) is 0 Å². The van der Waals surface area contributed by atoms with Gasteiger partial charge >= 0.3 is 0 Å². The molecule has 1 atom stereocenters. The molecule has 0 fully saturated rings. The second-order valence-corrected chi connectivity index (χ2v) is 6.94. The average molecular weight is 312 g/mol. The van der Waals surface area contributed by atoms with Crippen LogP contribution in [0.15, 0.2) is 28.7 Å². The monoisotopic (exact) mass is 311 g/mol. The predicted octanol–water partition coefficient (Wildman–Crippen LogP) is 5.11. The molecular weight excluding hydrogens is 286 g/mol. The van der Waals surface area contributed by atoms with Crippen LogP contribution in [0.25, 0.3) is 0 Å². The summed E-state index contributed by atoms with van der Waals surface area (Å²) in [4.78, 5) is 0.